The zero-order valence-electron chi connectivity index (χ0n) is 17.7. The smallest absolute Gasteiger partial charge is 0.309 e. The molecular weight excluding hydrogens is 388 g/mol. The largest absolute Gasteiger partial charge is 0.469 e. The van der Waals surface area contributed by atoms with E-state index in [2.05, 4.69) is 0 Å². The Bertz CT molecular complexity index is 1140. The quantitative estimate of drug-likeness (QED) is 0.340. The second-order valence-electron chi connectivity index (χ2n) is 8.25. The highest BCUT2D eigenvalue weighted by atomic mass is 16.5. The van der Waals surface area contributed by atoms with Crippen LogP contribution in [0.25, 0.3) is 10.8 Å². The number of hydrogen-bond acceptors (Lipinski definition) is 4. The predicted octanol–water partition coefficient (Wildman–Crippen LogP) is 4.43. The summed E-state index contributed by atoms with van der Waals surface area (Å²) < 4.78 is 4.76. The summed E-state index contributed by atoms with van der Waals surface area (Å²) in [5, 5.41) is 2.09. The summed E-state index contributed by atoms with van der Waals surface area (Å²) >= 11 is 0. The van der Waals surface area contributed by atoms with Crippen LogP contribution in [-0.4, -0.2) is 24.6 Å². The van der Waals surface area contributed by atoms with Crippen LogP contribution >= 0.6 is 0 Å². The van der Waals surface area contributed by atoms with Gasteiger partial charge in [-0.15, -0.1) is 0 Å². The Kier molecular flexibility index (Phi) is 6.26. The Morgan fingerprint density at radius 1 is 0.935 bits per heavy atom. The van der Waals surface area contributed by atoms with Crippen molar-refractivity contribution in [3.63, 3.8) is 0 Å². The van der Waals surface area contributed by atoms with Crippen molar-refractivity contribution in [3.8, 4) is 0 Å². The topological polar surface area (TPSA) is 60.4 Å². The lowest BCUT2D eigenvalue weighted by Gasteiger charge is -2.14. The van der Waals surface area contributed by atoms with E-state index in [1.54, 1.807) is 0 Å². The van der Waals surface area contributed by atoms with Gasteiger partial charge in [0, 0.05) is 12.3 Å². The SMILES string of the molecule is COC(=O)Cc1ccc2c(c1)CC(C(=O)C(=O)Cc1cccc3ccccc13)CCC2. The molecule has 0 N–H and O–H groups in total. The molecule has 31 heavy (non-hydrogen) atoms. The molecule has 0 saturated carbocycles. The molecule has 4 nitrogen and oxygen atoms in total. The second-order valence-corrected chi connectivity index (χ2v) is 8.25. The summed E-state index contributed by atoms with van der Waals surface area (Å²) in [6.07, 6.45) is 3.36. The average Bonchev–Trinajstić information content (AvgIpc) is 3.00. The number of fused-ring (bicyclic) bond motifs is 2. The van der Waals surface area contributed by atoms with Gasteiger partial charge in [0.1, 0.15) is 0 Å². The van der Waals surface area contributed by atoms with Gasteiger partial charge in [0.2, 0.25) is 11.6 Å². The van der Waals surface area contributed by atoms with Crippen molar-refractivity contribution < 1.29 is 19.1 Å². The summed E-state index contributed by atoms with van der Waals surface area (Å²) in [6, 6.07) is 19.8. The molecule has 0 saturated heterocycles. The van der Waals surface area contributed by atoms with E-state index in [-0.39, 0.29) is 36.3 Å². The van der Waals surface area contributed by atoms with Gasteiger partial charge < -0.3 is 4.74 Å². The van der Waals surface area contributed by atoms with Gasteiger partial charge in [-0.1, -0.05) is 60.7 Å². The fraction of sp³-hybridized carbons (Fsp3) is 0.296. The third-order valence-corrected chi connectivity index (χ3v) is 6.19. The highest BCUT2D eigenvalue weighted by Crippen LogP contribution is 2.27. The van der Waals surface area contributed by atoms with Crippen molar-refractivity contribution in [2.45, 2.75) is 38.5 Å². The molecule has 0 radical (unpaired) electrons. The summed E-state index contributed by atoms with van der Waals surface area (Å²) in [4.78, 5) is 37.6. The Morgan fingerprint density at radius 3 is 2.58 bits per heavy atom. The summed E-state index contributed by atoms with van der Waals surface area (Å²) in [6.45, 7) is 0. The second kappa shape index (κ2) is 9.25. The predicted molar refractivity (Wildman–Crippen MR) is 120 cm³/mol. The van der Waals surface area contributed by atoms with E-state index in [4.69, 9.17) is 4.74 Å². The monoisotopic (exact) mass is 414 g/mol. The first kappa shape index (κ1) is 21.0. The Hall–Kier alpha value is -3.27. The van der Waals surface area contributed by atoms with Crippen molar-refractivity contribution in [2.75, 3.05) is 7.11 Å². The van der Waals surface area contributed by atoms with Crippen LogP contribution in [-0.2, 0) is 44.8 Å². The molecule has 4 heteroatoms. The number of rotatable bonds is 6. The van der Waals surface area contributed by atoms with Gasteiger partial charge in [-0.25, -0.2) is 0 Å². The highest BCUT2D eigenvalue weighted by Gasteiger charge is 2.28. The maximum atomic E-state index is 13.1. The number of carbonyl (C=O) groups is 3. The molecule has 0 aliphatic heterocycles. The van der Waals surface area contributed by atoms with Crippen molar-refractivity contribution >= 4 is 28.3 Å². The molecule has 3 aromatic rings. The van der Waals surface area contributed by atoms with Crippen LogP contribution in [0.3, 0.4) is 0 Å². The van der Waals surface area contributed by atoms with Crippen molar-refractivity contribution in [1.82, 2.24) is 0 Å². The number of carbonyl (C=O) groups excluding carboxylic acids is 3. The molecule has 0 bridgehead atoms. The molecule has 158 valence electrons. The minimum absolute atomic E-state index is 0.131. The van der Waals surface area contributed by atoms with Crippen LogP contribution in [0.2, 0.25) is 0 Å². The standard InChI is InChI=1S/C27H26O4/c1-31-26(29)15-18-12-13-19-7-4-10-22(16-23(19)14-18)27(30)25(28)17-21-9-5-8-20-6-2-3-11-24(20)21/h2-3,5-6,8-9,11-14,22H,4,7,10,15-17H2,1H3. The molecule has 0 fully saturated rings. The number of ether oxygens (including phenoxy) is 1. The number of hydrogen-bond donors (Lipinski definition) is 0. The number of esters is 1. The summed E-state index contributed by atoms with van der Waals surface area (Å²) in [5.74, 6) is -1.20. The number of aryl methyl sites for hydroxylation is 1. The number of methoxy groups -OCH3 is 1. The third-order valence-electron chi connectivity index (χ3n) is 6.19. The summed E-state index contributed by atoms with van der Waals surface area (Å²) in [5.41, 5.74) is 4.03. The minimum atomic E-state index is -0.324. The molecule has 0 spiro atoms. The van der Waals surface area contributed by atoms with Crippen LogP contribution in [0.15, 0.2) is 60.7 Å². The molecule has 0 amide bonds. The minimum Gasteiger partial charge on any atom is -0.469 e. The lowest BCUT2D eigenvalue weighted by atomic mass is 9.88. The van der Waals surface area contributed by atoms with E-state index < -0.39 is 0 Å². The van der Waals surface area contributed by atoms with E-state index in [1.165, 1.54) is 12.7 Å². The Balaban J connectivity index is 1.51. The van der Waals surface area contributed by atoms with Crippen LogP contribution in [0.1, 0.15) is 35.1 Å². The molecule has 0 aromatic heterocycles. The maximum absolute atomic E-state index is 13.1. The number of ketones is 2. The van der Waals surface area contributed by atoms with E-state index >= 15 is 0 Å². The Morgan fingerprint density at radius 2 is 1.74 bits per heavy atom. The van der Waals surface area contributed by atoms with Crippen LogP contribution in [0, 0.1) is 5.92 Å². The molecule has 1 aliphatic rings. The molecule has 1 unspecified atom stereocenters. The Labute approximate surface area is 182 Å². The molecule has 0 heterocycles. The maximum Gasteiger partial charge on any atom is 0.309 e. The zero-order chi connectivity index (χ0) is 21.8. The van der Waals surface area contributed by atoms with Crippen molar-refractivity contribution in [3.05, 3.63) is 82.9 Å². The third kappa shape index (κ3) is 4.74. The van der Waals surface area contributed by atoms with E-state index in [0.717, 1.165) is 40.3 Å². The lowest BCUT2D eigenvalue weighted by molar-refractivity contribution is -0.139. The number of benzene rings is 3. The van der Waals surface area contributed by atoms with E-state index in [1.807, 2.05) is 60.7 Å². The average molecular weight is 415 g/mol. The van der Waals surface area contributed by atoms with Gasteiger partial charge in [0.25, 0.3) is 0 Å². The number of Topliss-reactive ketones (excluding diaryl/α,β-unsaturated/α-hetero) is 2. The lowest BCUT2D eigenvalue weighted by Crippen LogP contribution is -2.26. The van der Waals surface area contributed by atoms with E-state index in [9.17, 15) is 14.4 Å². The zero-order valence-corrected chi connectivity index (χ0v) is 17.7. The first-order chi connectivity index (χ1) is 15.0. The van der Waals surface area contributed by atoms with Gasteiger partial charge in [-0.05, 0) is 58.7 Å². The molecule has 4 rings (SSSR count). The highest BCUT2D eigenvalue weighted by molar-refractivity contribution is 6.38. The van der Waals surface area contributed by atoms with E-state index in [0.29, 0.717) is 12.8 Å². The molecule has 3 aromatic carbocycles. The fourth-order valence-corrected chi connectivity index (χ4v) is 4.53. The van der Waals surface area contributed by atoms with Crippen LogP contribution in [0.5, 0.6) is 0 Å². The van der Waals surface area contributed by atoms with Crippen molar-refractivity contribution in [2.24, 2.45) is 5.92 Å². The van der Waals surface area contributed by atoms with Gasteiger partial charge >= 0.3 is 5.97 Å². The van der Waals surface area contributed by atoms with Gasteiger partial charge in [-0.3, -0.25) is 14.4 Å². The first-order valence-electron chi connectivity index (χ1n) is 10.8. The van der Waals surface area contributed by atoms with Gasteiger partial charge in [0.05, 0.1) is 13.5 Å². The fourth-order valence-electron chi connectivity index (χ4n) is 4.53. The van der Waals surface area contributed by atoms with Gasteiger partial charge in [-0.2, -0.15) is 0 Å². The first-order valence-corrected chi connectivity index (χ1v) is 10.8. The normalized spacial score (nSPS) is 15.7. The van der Waals surface area contributed by atoms with Crippen molar-refractivity contribution in [1.29, 1.82) is 0 Å². The van der Waals surface area contributed by atoms with Gasteiger partial charge in [0.15, 0.2) is 0 Å². The molecule has 1 atom stereocenters. The molecular formula is C27H26O4. The van der Waals surface area contributed by atoms with Crippen LogP contribution in [0.4, 0.5) is 0 Å². The molecule has 1 aliphatic carbocycles. The van der Waals surface area contributed by atoms with Crippen LogP contribution < -0.4 is 0 Å². The summed E-state index contributed by atoms with van der Waals surface area (Å²) in [7, 11) is 1.38.